The fourth-order valence-electron chi connectivity index (χ4n) is 1.77. The number of fused-ring (bicyclic) bond motifs is 1. The zero-order valence-corrected chi connectivity index (χ0v) is 10.4. The van der Waals surface area contributed by atoms with Crippen LogP contribution < -0.4 is 9.88 Å². The van der Waals surface area contributed by atoms with E-state index < -0.39 is 0 Å². The Morgan fingerprint density at radius 2 is 1.94 bits per heavy atom. The molecule has 0 spiro atoms. The fraction of sp³-hybridized carbons (Fsp3) is 0.462. The highest BCUT2D eigenvalue weighted by atomic mass is 15.1. The summed E-state index contributed by atoms with van der Waals surface area (Å²) < 4.78 is 4.37. The zero-order chi connectivity index (χ0) is 11.7. The van der Waals surface area contributed by atoms with Crippen LogP contribution in [0.3, 0.4) is 0 Å². The molecule has 0 aromatic carbocycles. The second-order valence-corrected chi connectivity index (χ2v) is 4.83. The summed E-state index contributed by atoms with van der Waals surface area (Å²) in [6.07, 6.45) is 6.43. The van der Waals surface area contributed by atoms with E-state index >= 15 is 0 Å². The van der Waals surface area contributed by atoms with E-state index in [9.17, 15) is 0 Å². The third-order valence-electron chi connectivity index (χ3n) is 2.60. The summed E-state index contributed by atoms with van der Waals surface area (Å²) >= 11 is 0. The van der Waals surface area contributed by atoms with Crippen LogP contribution in [-0.4, -0.2) is 10.4 Å². The van der Waals surface area contributed by atoms with Crippen molar-refractivity contribution in [1.29, 1.82) is 0 Å². The molecule has 1 N–H and O–H groups in total. The third kappa shape index (κ3) is 2.18. The number of aromatic nitrogens is 2. The number of anilines is 1. The Kier molecular flexibility index (Phi) is 2.86. The molecular formula is C13H20N3+. The summed E-state index contributed by atoms with van der Waals surface area (Å²) in [6, 6.07) is 5.23. The van der Waals surface area contributed by atoms with E-state index in [0.29, 0.717) is 12.1 Å². The highest BCUT2D eigenvalue weighted by molar-refractivity contribution is 5.52. The fourth-order valence-corrected chi connectivity index (χ4v) is 1.77. The lowest BCUT2D eigenvalue weighted by atomic mass is 10.3. The van der Waals surface area contributed by atoms with E-state index in [1.807, 2.05) is 0 Å². The lowest BCUT2D eigenvalue weighted by Gasteiger charge is -2.07. The monoisotopic (exact) mass is 218 g/mol. The Bertz CT molecular complexity index is 483. The smallest absolute Gasteiger partial charge is 0.249 e. The van der Waals surface area contributed by atoms with Gasteiger partial charge in [0.2, 0.25) is 6.33 Å². The molecule has 0 aliphatic rings. The van der Waals surface area contributed by atoms with Crippen LogP contribution in [0, 0.1) is 0 Å². The Morgan fingerprint density at radius 1 is 1.19 bits per heavy atom. The van der Waals surface area contributed by atoms with E-state index in [1.54, 1.807) is 0 Å². The number of hydrogen-bond acceptors (Lipinski definition) is 1. The second kappa shape index (κ2) is 4.16. The Hall–Kier alpha value is -1.51. The molecule has 0 amide bonds. The van der Waals surface area contributed by atoms with Crippen LogP contribution >= 0.6 is 0 Å². The van der Waals surface area contributed by atoms with Crippen molar-refractivity contribution in [3.05, 3.63) is 30.9 Å². The van der Waals surface area contributed by atoms with Crippen molar-refractivity contribution in [3.63, 3.8) is 0 Å². The van der Waals surface area contributed by atoms with Crippen LogP contribution in [0.15, 0.2) is 30.9 Å². The van der Waals surface area contributed by atoms with E-state index in [2.05, 4.69) is 72.8 Å². The predicted molar refractivity (Wildman–Crippen MR) is 66.7 cm³/mol. The van der Waals surface area contributed by atoms with Gasteiger partial charge < -0.3 is 5.32 Å². The zero-order valence-electron chi connectivity index (χ0n) is 10.4. The van der Waals surface area contributed by atoms with Gasteiger partial charge in [0, 0.05) is 6.04 Å². The molecule has 2 rings (SSSR count). The highest BCUT2D eigenvalue weighted by Crippen LogP contribution is 2.11. The molecule has 86 valence electrons. The molecule has 0 saturated carbocycles. The maximum Gasteiger partial charge on any atom is 0.249 e. The van der Waals surface area contributed by atoms with Crippen LogP contribution in [0.1, 0.15) is 33.7 Å². The predicted octanol–water partition coefficient (Wildman–Crippen LogP) is 2.63. The average molecular weight is 218 g/mol. The van der Waals surface area contributed by atoms with Gasteiger partial charge in [0.1, 0.15) is 12.4 Å². The first-order valence-corrected chi connectivity index (χ1v) is 5.85. The molecule has 3 nitrogen and oxygen atoms in total. The van der Waals surface area contributed by atoms with Crippen LogP contribution in [0.4, 0.5) is 5.69 Å². The van der Waals surface area contributed by atoms with Crippen molar-refractivity contribution >= 4 is 11.2 Å². The van der Waals surface area contributed by atoms with Gasteiger partial charge in [-0.05, 0) is 39.8 Å². The van der Waals surface area contributed by atoms with Gasteiger partial charge in [0.15, 0.2) is 5.52 Å². The van der Waals surface area contributed by atoms with Gasteiger partial charge in [0.05, 0.1) is 11.7 Å². The van der Waals surface area contributed by atoms with E-state index in [1.165, 1.54) is 5.52 Å². The Balaban J connectivity index is 2.38. The van der Waals surface area contributed by atoms with Gasteiger partial charge in [-0.15, -0.1) is 0 Å². The quantitative estimate of drug-likeness (QED) is 0.785. The summed E-state index contributed by atoms with van der Waals surface area (Å²) in [5.41, 5.74) is 2.39. The SMILES string of the molecule is CC(C)Nc1ccc2c[n+](C(C)C)cn2c1. The number of rotatable bonds is 3. The minimum Gasteiger partial charge on any atom is -0.380 e. The van der Waals surface area contributed by atoms with E-state index in [4.69, 9.17) is 0 Å². The molecule has 0 saturated heterocycles. The Labute approximate surface area is 96.7 Å². The van der Waals surface area contributed by atoms with Crippen LogP contribution in [0.5, 0.6) is 0 Å². The minimum absolute atomic E-state index is 0.463. The van der Waals surface area contributed by atoms with Gasteiger partial charge in [0.25, 0.3) is 0 Å². The first-order chi connectivity index (χ1) is 7.56. The van der Waals surface area contributed by atoms with E-state index in [-0.39, 0.29) is 0 Å². The average Bonchev–Trinajstić information content (AvgIpc) is 2.59. The summed E-state index contributed by atoms with van der Waals surface area (Å²) in [7, 11) is 0. The first kappa shape index (κ1) is 11.0. The van der Waals surface area contributed by atoms with E-state index in [0.717, 1.165) is 5.69 Å². The molecule has 0 aliphatic heterocycles. The lowest BCUT2D eigenvalue weighted by Crippen LogP contribution is -2.32. The van der Waals surface area contributed by atoms with Gasteiger partial charge in [-0.3, -0.25) is 0 Å². The molecule has 2 aromatic heterocycles. The van der Waals surface area contributed by atoms with Gasteiger partial charge in [-0.1, -0.05) is 0 Å². The molecule has 0 unspecified atom stereocenters. The van der Waals surface area contributed by atoms with Gasteiger partial charge >= 0.3 is 0 Å². The lowest BCUT2D eigenvalue weighted by molar-refractivity contribution is -0.714. The largest absolute Gasteiger partial charge is 0.380 e. The van der Waals surface area contributed by atoms with Crippen molar-refractivity contribution < 1.29 is 4.57 Å². The summed E-state index contributed by atoms with van der Waals surface area (Å²) in [5.74, 6) is 0. The second-order valence-electron chi connectivity index (χ2n) is 4.83. The van der Waals surface area contributed by atoms with Gasteiger partial charge in [-0.25, -0.2) is 8.97 Å². The van der Waals surface area contributed by atoms with Crippen molar-refractivity contribution in [1.82, 2.24) is 4.40 Å². The van der Waals surface area contributed by atoms with Crippen LogP contribution in [0.2, 0.25) is 0 Å². The molecule has 0 radical (unpaired) electrons. The molecule has 0 atom stereocenters. The standard InChI is InChI=1S/C13H20N3/c1-10(2)14-12-5-6-13-8-15(11(3)4)9-16(13)7-12/h5-11,14H,1-4H3/q+1. The van der Waals surface area contributed by atoms with Crippen molar-refractivity contribution in [3.8, 4) is 0 Å². The first-order valence-electron chi connectivity index (χ1n) is 5.85. The molecular weight excluding hydrogens is 198 g/mol. The third-order valence-corrected chi connectivity index (χ3v) is 2.60. The summed E-state index contributed by atoms with van der Waals surface area (Å²) in [4.78, 5) is 0. The summed E-state index contributed by atoms with van der Waals surface area (Å²) in [6.45, 7) is 8.67. The normalized spacial score (nSPS) is 11.6. The topological polar surface area (TPSA) is 20.3 Å². The molecule has 3 heteroatoms. The number of pyridine rings is 1. The molecule has 2 heterocycles. The molecule has 0 fully saturated rings. The number of imidazole rings is 1. The van der Waals surface area contributed by atoms with Crippen molar-refractivity contribution in [2.24, 2.45) is 0 Å². The van der Waals surface area contributed by atoms with Crippen LogP contribution in [-0.2, 0) is 0 Å². The minimum atomic E-state index is 0.463. The molecule has 0 bridgehead atoms. The Morgan fingerprint density at radius 3 is 2.56 bits per heavy atom. The maximum absolute atomic E-state index is 3.41. The maximum atomic E-state index is 3.41. The molecule has 2 aromatic rings. The van der Waals surface area contributed by atoms with Gasteiger partial charge in [-0.2, -0.15) is 0 Å². The summed E-state index contributed by atoms with van der Waals surface area (Å²) in [5, 5.41) is 3.41. The number of hydrogen-bond donors (Lipinski definition) is 1. The van der Waals surface area contributed by atoms with Crippen LogP contribution in [0.25, 0.3) is 5.52 Å². The molecule has 0 aliphatic carbocycles. The number of nitrogens with zero attached hydrogens (tertiary/aromatic N) is 2. The number of nitrogens with one attached hydrogen (secondary N) is 1. The van der Waals surface area contributed by atoms with Crippen molar-refractivity contribution in [2.75, 3.05) is 5.32 Å². The molecule has 16 heavy (non-hydrogen) atoms. The highest BCUT2D eigenvalue weighted by Gasteiger charge is 2.09. The van der Waals surface area contributed by atoms with Crippen molar-refractivity contribution in [2.45, 2.75) is 39.8 Å².